The van der Waals surface area contributed by atoms with Crippen molar-refractivity contribution in [3.8, 4) is 5.75 Å². The first-order valence-corrected chi connectivity index (χ1v) is 20.2. The molecule has 0 aromatic heterocycles. The van der Waals surface area contributed by atoms with Crippen LogP contribution in [-0.2, 0) is 56.9 Å². The molecule has 3 N–H and O–H groups in total. The van der Waals surface area contributed by atoms with E-state index in [1.165, 1.54) is 5.06 Å². The molecule has 3 heterocycles. The first-order chi connectivity index (χ1) is 28.4. The fourth-order valence-corrected chi connectivity index (χ4v) is 8.88. The van der Waals surface area contributed by atoms with E-state index in [1.807, 2.05) is 109 Å². The predicted molar refractivity (Wildman–Crippen MR) is 216 cm³/mol. The van der Waals surface area contributed by atoms with Gasteiger partial charge in [-0.05, 0) is 56.4 Å². The normalized spacial score (nSPS) is 26.2. The number of carbonyl (C=O) groups excluding carboxylic acids is 3. The lowest BCUT2D eigenvalue weighted by atomic mass is 9.62. The number of hydroxylamine groups is 2. The average Bonchev–Trinajstić information content (AvgIpc) is 3.80. The fourth-order valence-electron chi connectivity index (χ4n) is 8.88. The summed E-state index contributed by atoms with van der Waals surface area (Å²) in [6, 6.07) is 32.0. The first-order valence-electron chi connectivity index (χ1n) is 20.2. The Morgan fingerprint density at radius 2 is 1.61 bits per heavy atom. The Morgan fingerprint density at radius 3 is 2.29 bits per heavy atom. The van der Waals surface area contributed by atoms with Crippen LogP contribution in [0.5, 0.6) is 5.75 Å². The molecule has 8 rings (SSSR count). The quantitative estimate of drug-likeness (QED) is 0.142. The zero-order valence-electron chi connectivity index (χ0n) is 33.4. The third kappa shape index (κ3) is 7.91. The highest BCUT2D eigenvalue weighted by atomic mass is 16.8. The van der Waals surface area contributed by atoms with Crippen LogP contribution in [-0.4, -0.2) is 81.8 Å². The van der Waals surface area contributed by atoms with Crippen molar-refractivity contribution < 1.29 is 48.4 Å². The number of nitrogens with zero attached hydrogens (tertiary/aromatic N) is 1. The Kier molecular flexibility index (Phi) is 11.2. The van der Waals surface area contributed by atoms with E-state index in [2.05, 4.69) is 5.32 Å². The number of ether oxygens (including phenoxy) is 4. The topological polar surface area (TPSA) is 153 Å². The van der Waals surface area contributed by atoms with Gasteiger partial charge in [0.05, 0.1) is 19.2 Å². The highest BCUT2D eigenvalue weighted by molar-refractivity contribution is 5.94. The Balaban J connectivity index is 1.13. The van der Waals surface area contributed by atoms with E-state index in [9.17, 15) is 19.8 Å². The molecule has 12 heteroatoms. The van der Waals surface area contributed by atoms with Crippen molar-refractivity contribution in [3.63, 3.8) is 0 Å². The van der Waals surface area contributed by atoms with E-state index in [-0.39, 0.29) is 31.6 Å². The Hall–Kier alpha value is -5.37. The Bertz CT molecular complexity index is 2150. The van der Waals surface area contributed by atoms with E-state index in [0.29, 0.717) is 6.42 Å². The molecule has 1 saturated carbocycles. The van der Waals surface area contributed by atoms with Gasteiger partial charge in [0, 0.05) is 24.0 Å². The smallest absolute Gasteiger partial charge is 0.327 e. The molecule has 308 valence electrons. The summed E-state index contributed by atoms with van der Waals surface area (Å²) in [7, 11) is 0. The molecule has 4 aliphatic rings. The SMILES string of the molecule is CC(C)(C)OC(=O)CC[C@@H](CO)NC(=O)[C@@]12C[C@H]3OC(=O)[C@@H]1N(Cc1cccc(C=CCc4ccccc4O)c1)O[C@@H]2[C@H]1OC(c2ccccc2)(c2ccccc2)O[C@H]13. The van der Waals surface area contributed by atoms with Crippen molar-refractivity contribution in [2.45, 2.75) is 101 Å². The number of aliphatic hydroxyl groups excluding tert-OH is 1. The third-order valence-electron chi connectivity index (χ3n) is 11.5. The largest absolute Gasteiger partial charge is 0.508 e. The lowest BCUT2D eigenvalue weighted by molar-refractivity contribution is -0.213. The Morgan fingerprint density at radius 1 is 0.932 bits per heavy atom. The molecule has 2 bridgehead atoms. The van der Waals surface area contributed by atoms with Gasteiger partial charge >= 0.3 is 11.9 Å². The summed E-state index contributed by atoms with van der Waals surface area (Å²) in [5.74, 6) is -2.78. The maximum atomic E-state index is 15.0. The lowest BCUT2D eigenvalue weighted by Gasteiger charge is -2.49. The summed E-state index contributed by atoms with van der Waals surface area (Å²) >= 11 is 0. The van der Waals surface area contributed by atoms with E-state index < -0.39 is 77.8 Å². The van der Waals surface area contributed by atoms with Crippen molar-refractivity contribution in [1.82, 2.24) is 10.4 Å². The minimum atomic E-state index is -1.53. The molecule has 4 aromatic rings. The maximum Gasteiger partial charge on any atom is 0.327 e. The predicted octanol–water partition coefficient (Wildman–Crippen LogP) is 5.73. The number of aromatic hydroxyl groups is 1. The van der Waals surface area contributed by atoms with Gasteiger partial charge in [0.2, 0.25) is 11.7 Å². The molecule has 7 atom stereocenters. The molecular formula is C47H50N2O10. The van der Waals surface area contributed by atoms with Gasteiger partial charge in [-0.1, -0.05) is 115 Å². The standard InChI is InChI=1S/C47H50N2O10/c1-45(2,3)56-38(52)25-24-35(29-50)48-44(54)46-27-37-39-40(58-47(57-39,33-19-6-4-7-20-33)34-21-8-5-9-22-34)42(46)59-49(41(46)43(53)55-37)28-31-16-12-14-30(26-31)15-13-18-32-17-10-11-23-36(32)51/h4-17,19-23,26,35,37,39-42,50-51H,18,24-25,27-29H2,1-3H3,(H,48,54)/t35-,37+,39-,40-,41-,42+,46-/m0/s1. The van der Waals surface area contributed by atoms with Gasteiger partial charge in [-0.2, -0.15) is 5.06 Å². The first kappa shape index (κ1) is 40.4. The van der Waals surface area contributed by atoms with E-state index in [1.54, 1.807) is 32.9 Å². The number of fused-ring (bicyclic) bond motifs is 4. The summed E-state index contributed by atoms with van der Waals surface area (Å²) in [6.07, 6.45) is 1.05. The second-order valence-corrected chi connectivity index (χ2v) is 16.7. The summed E-state index contributed by atoms with van der Waals surface area (Å²) in [6.45, 7) is 5.00. The molecule has 4 aromatic carbocycles. The average molecular weight is 803 g/mol. The molecule has 3 aliphatic heterocycles. The highest BCUT2D eigenvalue weighted by Crippen LogP contribution is 2.59. The van der Waals surface area contributed by atoms with Crippen molar-refractivity contribution in [1.29, 1.82) is 0 Å². The van der Waals surface area contributed by atoms with Crippen LogP contribution in [0.15, 0.2) is 115 Å². The third-order valence-corrected chi connectivity index (χ3v) is 11.5. The number of allylic oxidation sites excluding steroid dienone is 1. The van der Waals surface area contributed by atoms with Gasteiger partial charge in [-0.25, -0.2) is 0 Å². The number of rotatable bonds is 13. The molecule has 0 radical (unpaired) electrons. The molecule has 1 amide bonds. The van der Waals surface area contributed by atoms with Gasteiger partial charge in [-0.15, -0.1) is 0 Å². The van der Waals surface area contributed by atoms with E-state index >= 15 is 4.79 Å². The van der Waals surface area contributed by atoms with Gasteiger partial charge in [0.15, 0.2) is 6.04 Å². The second-order valence-electron chi connectivity index (χ2n) is 16.7. The maximum absolute atomic E-state index is 15.0. The van der Waals surface area contributed by atoms with Gasteiger partial charge in [0.1, 0.15) is 41.2 Å². The minimum absolute atomic E-state index is 0.0362. The van der Waals surface area contributed by atoms with Crippen LogP contribution in [0.3, 0.4) is 0 Å². The van der Waals surface area contributed by atoms with Crippen LogP contribution in [0.1, 0.15) is 67.9 Å². The zero-order chi connectivity index (χ0) is 41.4. The molecule has 3 saturated heterocycles. The molecule has 4 fully saturated rings. The lowest BCUT2D eigenvalue weighted by Crippen LogP contribution is -2.70. The summed E-state index contributed by atoms with van der Waals surface area (Å²) in [5.41, 5.74) is 1.74. The molecule has 1 aliphatic carbocycles. The number of hydrogen-bond acceptors (Lipinski definition) is 11. The molecule has 12 nitrogen and oxygen atoms in total. The number of phenols is 1. The van der Waals surface area contributed by atoms with Crippen LogP contribution >= 0.6 is 0 Å². The fraction of sp³-hybridized carbons (Fsp3) is 0.383. The zero-order valence-corrected chi connectivity index (χ0v) is 33.4. The van der Waals surface area contributed by atoms with Crippen LogP contribution in [0.4, 0.5) is 0 Å². The highest BCUT2D eigenvalue weighted by Gasteiger charge is 2.76. The summed E-state index contributed by atoms with van der Waals surface area (Å²) in [5, 5.41) is 25.2. The second kappa shape index (κ2) is 16.4. The number of benzene rings is 4. The number of aliphatic hydroxyl groups is 1. The number of para-hydroxylation sites is 1. The van der Waals surface area contributed by atoms with E-state index in [0.717, 1.165) is 27.8 Å². The molecular weight excluding hydrogens is 753 g/mol. The van der Waals surface area contributed by atoms with Crippen LogP contribution < -0.4 is 5.32 Å². The van der Waals surface area contributed by atoms with Gasteiger partial charge in [-0.3, -0.25) is 19.2 Å². The number of esters is 2. The monoisotopic (exact) mass is 802 g/mol. The minimum Gasteiger partial charge on any atom is -0.508 e. The number of hydrogen-bond donors (Lipinski definition) is 3. The number of amides is 1. The van der Waals surface area contributed by atoms with Crippen molar-refractivity contribution in [2.24, 2.45) is 5.41 Å². The van der Waals surface area contributed by atoms with Gasteiger partial charge < -0.3 is 34.5 Å². The number of carbonyl (C=O) groups is 3. The summed E-state index contributed by atoms with van der Waals surface area (Å²) < 4.78 is 25.7. The number of nitrogens with one attached hydrogen (secondary N) is 1. The van der Waals surface area contributed by atoms with E-state index in [4.69, 9.17) is 23.8 Å². The van der Waals surface area contributed by atoms with Gasteiger partial charge in [0.25, 0.3) is 0 Å². The summed E-state index contributed by atoms with van der Waals surface area (Å²) in [4.78, 5) is 48.8. The number of phenolic OH excluding ortho intramolecular Hbond substituents is 1. The molecule has 59 heavy (non-hydrogen) atoms. The van der Waals surface area contributed by atoms with Crippen molar-refractivity contribution >= 4 is 23.9 Å². The van der Waals surface area contributed by atoms with Crippen LogP contribution in [0.2, 0.25) is 0 Å². The van der Waals surface area contributed by atoms with Crippen molar-refractivity contribution in [2.75, 3.05) is 6.61 Å². The Labute approximate surface area is 343 Å². The molecule has 0 unspecified atom stereocenters. The van der Waals surface area contributed by atoms with Crippen molar-refractivity contribution in [3.05, 3.63) is 143 Å². The van der Waals surface area contributed by atoms with Crippen LogP contribution in [0.25, 0.3) is 6.08 Å². The molecule has 0 spiro atoms. The van der Waals surface area contributed by atoms with Crippen LogP contribution in [0, 0.1) is 5.41 Å².